The molecule has 0 saturated heterocycles. The van der Waals surface area contributed by atoms with Crippen LogP contribution in [0.25, 0.3) is 0 Å². The summed E-state index contributed by atoms with van der Waals surface area (Å²) in [4.78, 5) is 0. The molecule has 1 aromatic heterocycles. The summed E-state index contributed by atoms with van der Waals surface area (Å²) >= 11 is 3.56. The van der Waals surface area contributed by atoms with Crippen molar-refractivity contribution < 1.29 is 4.74 Å². The molecule has 4 nitrogen and oxygen atoms in total. The Kier molecular flexibility index (Phi) is 4.81. The van der Waals surface area contributed by atoms with Gasteiger partial charge in [-0.1, -0.05) is 19.3 Å². The first kappa shape index (κ1) is 14.0. The molecule has 5 heteroatoms. The van der Waals surface area contributed by atoms with E-state index in [4.69, 9.17) is 10.5 Å². The van der Waals surface area contributed by atoms with Gasteiger partial charge in [-0.05, 0) is 35.7 Å². The topological polar surface area (TPSA) is 53.1 Å². The van der Waals surface area contributed by atoms with E-state index < -0.39 is 0 Å². The van der Waals surface area contributed by atoms with Crippen LogP contribution < -0.4 is 5.73 Å². The van der Waals surface area contributed by atoms with E-state index in [2.05, 4.69) is 21.0 Å². The Labute approximate surface area is 117 Å². The van der Waals surface area contributed by atoms with Gasteiger partial charge in [-0.2, -0.15) is 5.10 Å². The Hall–Kier alpha value is -0.390. The summed E-state index contributed by atoms with van der Waals surface area (Å²) < 4.78 is 8.95. The summed E-state index contributed by atoms with van der Waals surface area (Å²) in [6.07, 6.45) is 6.09. The molecule has 2 N–H and O–H groups in total. The van der Waals surface area contributed by atoms with Gasteiger partial charge in [0.15, 0.2) is 0 Å². The lowest BCUT2D eigenvalue weighted by Crippen LogP contribution is -2.35. The Morgan fingerprint density at radius 2 is 2.11 bits per heavy atom. The van der Waals surface area contributed by atoms with Crippen LogP contribution in [0.1, 0.15) is 43.5 Å². The predicted molar refractivity (Wildman–Crippen MR) is 75.3 cm³/mol. The molecule has 0 amide bonds. The quantitative estimate of drug-likeness (QED) is 0.872. The highest BCUT2D eigenvalue weighted by Gasteiger charge is 2.22. The van der Waals surface area contributed by atoms with Crippen molar-refractivity contribution >= 4 is 15.9 Å². The van der Waals surface area contributed by atoms with E-state index in [1.165, 1.54) is 19.3 Å². The lowest BCUT2D eigenvalue weighted by atomic mass is 10.1. The lowest BCUT2D eigenvalue weighted by molar-refractivity contribution is 0.0161. The molecule has 2 atom stereocenters. The van der Waals surface area contributed by atoms with Crippen molar-refractivity contribution in [3.63, 3.8) is 0 Å². The molecule has 2 rings (SSSR count). The van der Waals surface area contributed by atoms with Crippen LogP contribution in [0.3, 0.4) is 0 Å². The van der Waals surface area contributed by atoms with E-state index in [9.17, 15) is 0 Å². The summed E-state index contributed by atoms with van der Waals surface area (Å²) in [5.41, 5.74) is 8.25. The van der Waals surface area contributed by atoms with E-state index in [-0.39, 0.29) is 12.1 Å². The van der Waals surface area contributed by atoms with Crippen LogP contribution in [0.2, 0.25) is 0 Å². The first-order chi connectivity index (χ1) is 8.59. The second kappa shape index (κ2) is 6.17. The molecular formula is C13H22BrN3O. The molecule has 0 spiro atoms. The molecule has 18 heavy (non-hydrogen) atoms. The van der Waals surface area contributed by atoms with Gasteiger partial charge in [0.1, 0.15) is 0 Å². The number of nitrogens with two attached hydrogens (primary N) is 1. The second-order valence-corrected chi connectivity index (χ2v) is 5.91. The Morgan fingerprint density at radius 1 is 1.39 bits per heavy atom. The fourth-order valence-electron chi connectivity index (χ4n) is 2.53. The zero-order chi connectivity index (χ0) is 13.1. The van der Waals surface area contributed by atoms with Crippen molar-refractivity contribution in [1.29, 1.82) is 0 Å². The van der Waals surface area contributed by atoms with Crippen LogP contribution in [0.4, 0.5) is 0 Å². The van der Waals surface area contributed by atoms with Gasteiger partial charge in [0.2, 0.25) is 0 Å². The van der Waals surface area contributed by atoms with Crippen LogP contribution in [-0.2, 0) is 18.4 Å². The number of hydrogen-bond acceptors (Lipinski definition) is 3. The minimum atomic E-state index is 0.181. The van der Waals surface area contributed by atoms with Gasteiger partial charge >= 0.3 is 0 Å². The first-order valence-corrected chi connectivity index (χ1v) is 7.44. The van der Waals surface area contributed by atoms with Crippen molar-refractivity contribution in [2.24, 2.45) is 12.8 Å². The smallest absolute Gasteiger partial charge is 0.0900 e. The Morgan fingerprint density at radius 3 is 2.78 bits per heavy atom. The summed E-state index contributed by atoms with van der Waals surface area (Å²) in [6.45, 7) is 2.57. The molecule has 1 aliphatic rings. The molecule has 1 aliphatic carbocycles. The Balaban J connectivity index is 1.97. The normalized spacial score (nSPS) is 25.1. The highest BCUT2D eigenvalue weighted by atomic mass is 79.9. The third kappa shape index (κ3) is 3.13. The van der Waals surface area contributed by atoms with E-state index in [1.54, 1.807) is 0 Å². The van der Waals surface area contributed by atoms with E-state index in [1.807, 2.05) is 18.7 Å². The molecule has 1 saturated carbocycles. The highest BCUT2D eigenvalue weighted by Crippen LogP contribution is 2.24. The molecular weight excluding hydrogens is 294 g/mol. The van der Waals surface area contributed by atoms with Crippen molar-refractivity contribution in [3.8, 4) is 0 Å². The molecule has 0 aliphatic heterocycles. The summed E-state index contributed by atoms with van der Waals surface area (Å²) in [5, 5.41) is 4.37. The average Bonchev–Trinajstić information content (AvgIpc) is 2.51. The largest absolute Gasteiger partial charge is 0.370 e. The zero-order valence-electron chi connectivity index (χ0n) is 11.2. The number of aryl methyl sites for hydroxylation is 2. The third-order valence-electron chi connectivity index (χ3n) is 3.70. The van der Waals surface area contributed by atoms with Gasteiger partial charge in [-0.15, -0.1) is 0 Å². The van der Waals surface area contributed by atoms with Crippen molar-refractivity contribution in [2.75, 3.05) is 0 Å². The van der Waals surface area contributed by atoms with Crippen LogP contribution in [0.5, 0.6) is 0 Å². The zero-order valence-corrected chi connectivity index (χ0v) is 12.7. The van der Waals surface area contributed by atoms with Crippen LogP contribution in [-0.4, -0.2) is 21.9 Å². The summed E-state index contributed by atoms with van der Waals surface area (Å²) in [7, 11) is 1.95. The van der Waals surface area contributed by atoms with Crippen molar-refractivity contribution in [1.82, 2.24) is 9.78 Å². The fraction of sp³-hybridized carbons (Fsp3) is 0.769. The maximum absolute atomic E-state index is 6.17. The molecule has 1 fully saturated rings. The van der Waals surface area contributed by atoms with E-state index in [0.717, 1.165) is 28.7 Å². The minimum Gasteiger partial charge on any atom is -0.370 e. The number of rotatable bonds is 3. The van der Waals surface area contributed by atoms with Gasteiger partial charge in [-0.3, -0.25) is 4.68 Å². The fourth-order valence-corrected chi connectivity index (χ4v) is 2.98. The molecule has 102 valence electrons. The standard InChI is InChI=1S/C13H22BrN3O/c1-9-13(14)11(17(2)16-9)8-18-12-7-5-3-4-6-10(12)15/h10,12H,3-8,15H2,1-2H3. The van der Waals surface area contributed by atoms with Gasteiger partial charge in [-0.25, -0.2) is 0 Å². The van der Waals surface area contributed by atoms with Gasteiger partial charge in [0.25, 0.3) is 0 Å². The van der Waals surface area contributed by atoms with Crippen LogP contribution >= 0.6 is 15.9 Å². The van der Waals surface area contributed by atoms with Gasteiger partial charge in [0, 0.05) is 13.1 Å². The van der Waals surface area contributed by atoms with E-state index in [0.29, 0.717) is 6.61 Å². The van der Waals surface area contributed by atoms with Gasteiger partial charge in [0.05, 0.1) is 28.6 Å². The molecule has 0 aromatic carbocycles. The first-order valence-electron chi connectivity index (χ1n) is 6.64. The summed E-state index contributed by atoms with van der Waals surface area (Å²) in [5.74, 6) is 0. The van der Waals surface area contributed by atoms with Crippen LogP contribution in [0, 0.1) is 6.92 Å². The second-order valence-electron chi connectivity index (χ2n) is 5.12. The minimum absolute atomic E-state index is 0.181. The number of hydrogen-bond donors (Lipinski definition) is 1. The summed E-state index contributed by atoms with van der Waals surface area (Å²) in [6, 6.07) is 0.181. The molecule has 0 bridgehead atoms. The number of aromatic nitrogens is 2. The average molecular weight is 316 g/mol. The SMILES string of the molecule is Cc1nn(C)c(COC2CCCCCC2N)c1Br. The Bertz CT molecular complexity index is 405. The molecule has 0 radical (unpaired) electrons. The molecule has 2 unspecified atom stereocenters. The van der Waals surface area contributed by atoms with Crippen molar-refractivity contribution in [3.05, 3.63) is 15.9 Å². The predicted octanol–water partition coefficient (Wildman–Crippen LogP) is 2.67. The monoisotopic (exact) mass is 315 g/mol. The third-order valence-corrected chi connectivity index (χ3v) is 4.73. The number of ether oxygens (including phenoxy) is 1. The van der Waals surface area contributed by atoms with E-state index >= 15 is 0 Å². The molecule has 1 heterocycles. The van der Waals surface area contributed by atoms with Gasteiger partial charge < -0.3 is 10.5 Å². The maximum Gasteiger partial charge on any atom is 0.0900 e. The lowest BCUT2D eigenvalue weighted by Gasteiger charge is -2.21. The van der Waals surface area contributed by atoms with Crippen molar-refractivity contribution in [2.45, 2.75) is 57.8 Å². The van der Waals surface area contributed by atoms with Crippen LogP contribution in [0.15, 0.2) is 4.47 Å². The molecule has 1 aromatic rings. The highest BCUT2D eigenvalue weighted by molar-refractivity contribution is 9.10. The number of nitrogens with zero attached hydrogens (tertiary/aromatic N) is 2. The number of halogens is 1. The maximum atomic E-state index is 6.17.